The predicted molar refractivity (Wildman–Crippen MR) is 94.5 cm³/mol. The van der Waals surface area contributed by atoms with Gasteiger partial charge in [0.05, 0.1) is 21.9 Å². The summed E-state index contributed by atoms with van der Waals surface area (Å²) < 4.78 is 4.09. The number of pyridine rings is 2. The maximum absolute atomic E-state index is 12.5. The second-order valence-corrected chi connectivity index (χ2v) is 6.64. The lowest BCUT2D eigenvalue weighted by Crippen LogP contribution is -2.27. The van der Waals surface area contributed by atoms with E-state index < -0.39 is 0 Å². The van der Waals surface area contributed by atoms with E-state index in [1.807, 2.05) is 39.5 Å². The van der Waals surface area contributed by atoms with E-state index in [9.17, 15) is 4.79 Å². The van der Waals surface area contributed by atoms with Gasteiger partial charge in [0, 0.05) is 43.5 Å². The Kier molecular flexibility index (Phi) is 4.32. The normalized spacial score (nSPS) is 11.5. The Balaban J connectivity index is 2.17. The molecular weight excluding hydrogens is 358 g/mol. The zero-order valence-corrected chi connectivity index (χ0v) is 14.9. The predicted octanol–water partition coefficient (Wildman–Crippen LogP) is 2.12. The SMILES string of the molecule is CN(C)CCn1c(=O)c(Br)cc2cnc(-c3cnn(C)c3)cc21. The van der Waals surface area contributed by atoms with E-state index in [0.717, 1.165) is 28.7 Å². The van der Waals surface area contributed by atoms with Gasteiger partial charge in [-0.1, -0.05) is 0 Å². The molecule has 0 aromatic carbocycles. The number of hydrogen-bond acceptors (Lipinski definition) is 4. The van der Waals surface area contributed by atoms with Crippen molar-refractivity contribution < 1.29 is 0 Å². The van der Waals surface area contributed by atoms with Gasteiger partial charge in [-0.15, -0.1) is 0 Å². The molecule has 3 rings (SSSR count). The molecule has 0 atom stereocenters. The highest BCUT2D eigenvalue weighted by molar-refractivity contribution is 9.10. The van der Waals surface area contributed by atoms with Crippen molar-refractivity contribution in [1.82, 2.24) is 24.2 Å². The molecule has 0 radical (unpaired) electrons. The first-order valence-corrected chi connectivity index (χ1v) is 8.08. The van der Waals surface area contributed by atoms with E-state index in [-0.39, 0.29) is 5.56 Å². The van der Waals surface area contributed by atoms with Crippen LogP contribution in [-0.2, 0) is 13.6 Å². The maximum Gasteiger partial charge on any atom is 0.265 e. The number of rotatable bonds is 4. The summed E-state index contributed by atoms with van der Waals surface area (Å²) in [6.45, 7) is 1.41. The molecule has 0 N–H and O–H groups in total. The summed E-state index contributed by atoms with van der Waals surface area (Å²) in [5.74, 6) is 0. The van der Waals surface area contributed by atoms with Crippen molar-refractivity contribution in [1.29, 1.82) is 0 Å². The Morgan fingerprint density at radius 1 is 1.26 bits per heavy atom. The number of aryl methyl sites for hydroxylation is 1. The van der Waals surface area contributed by atoms with Crippen molar-refractivity contribution in [3.63, 3.8) is 0 Å². The van der Waals surface area contributed by atoms with Gasteiger partial charge in [-0.2, -0.15) is 5.10 Å². The minimum atomic E-state index is -0.0253. The van der Waals surface area contributed by atoms with Crippen LogP contribution in [-0.4, -0.2) is 44.9 Å². The van der Waals surface area contributed by atoms with E-state index >= 15 is 0 Å². The summed E-state index contributed by atoms with van der Waals surface area (Å²) in [7, 11) is 5.86. The molecule has 0 aliphatic heterocycles. The Bertz CT molecular complexity index is 912. The minimum Gasteiger partial charge on any atom is -0.308 e. The van der Waals surface area contributed by atoms with Crippen LogP contribution in [0.4, 0.5) is 0 Å². The lowest BCUT2D eigenvalue weighted by molar-refractivity contribution is 0.384. The van der Waals surface area contributed by atoms with Crippen LogP contribution in [0.5, 0.6) is 0 Å². The molecule has 0 fully saturated rings. The largest absolute Gasteiger partial charge is 0.308 e. The van der Waals surface area contributed by atoms with E-state index in [4.69, 9.17) is 0 Å². The number of nitrogens with zero attached hydrogens (tertiary/aromatic N) is 5. The molecule has 3 aromatic rings. The summed E-state index contributed by atoms with van der Waals surface area (Å²) in [5, 5.41) is 5.11. The van der Waals surface area contributed by atoms with Gasteiger partial charge in [-0.25, -0.2) is 0 Å². The van der Waals surface area contributed by atoms with Crippen molar-refractivity contribution in [3.8, 4) is 11.3 Å². The molecule has 0 saturated carbocycles. The van der Waals surface area contributed by atoms with Gasteiger partial charge in [-0.05, 0) is 42.2 Å². The van der Waals surface area contributed by atoms with Crippen molar-refractivity contribution in [2.75, 3.05) is 20.6 Å². The number of fused-ring (bicyclic) bond motifs is 1. The van der Waals surface area contributed by atoms with E-state index in [1.165, 1.54) is 0 Å². The Morgan fingerprint density at radius 3 is 2.70 bits per heavy atom. The average Bonchev–Trinajstić information content (AvgIpc) is 2.94. The van der Waals surface area contributed by atoms with Crippen LogP contribution in [0.15, 0.2) is 40.0 Å². The molecule has 0 aliphatic rings. The second-order valence-electron chi connectivity index (χ2n) is 5.78. The van der Waals surface area contributed by atoms with Crippen LogP contribution in [0.2, 0.25) is 0 Å². The number of halogens is 1. The second kappa shape index (κ2) is 6.25. The summed E-state index contributed by atoms with van der Waals surface area (Å²) in [6.07, 6.45) is 5.48. The number of aromatic nitrogens is 4. The first-order chi connectivity index (χ1) is 11.0. The highest BCUT2D eigenvalue weighted by atomic mass is 79.9. The van der Waals surface area contributed by atoms with Gasteiger partial charge in [0.15, 0.2) is 0 Å². The smallest absolute Gasteiger partial charge is 0.265 e. The van der Waals surface area contributed by atoms with Crippen LogP contribution in [0.25, 0.3) is 22.2 Å². The van der Waals surface area contributed by atoms with Gasteiger partial charge in [0.2, 0.25) is 0 Å². The molecule has 0 aliphatic carbocycles. The fourth-order valence-electron chi connectivity index (χ4n) is 2.47. The lowest BCUT2D eigenvalue weighted by Gasteiger charge is -2.15. The molecule has 0 unspecified atom stereocenters. The molecule has 0 spiro atoms. The highest BCUT2D eigenvalue weighted by Gasteiger charge is 2.11. The molecule has 120 valence electrons. The van der Waals surface area contributed by atoms with Gasteiger partial charge >= 0.3 is 0 Å². The van der Waals surface area contributed by atoms with Crippen LogP contribution >= 0.6 is 15.9 Å². The summed E-state index contributed by atoms with van der Waals surface area (Å²) in [6, 6.07) is 3.78. The standard InChI is InChI=1S/C16H18BrN5O/c1-20(2)4-5-22-15-7-14(12-9-19-21(3)10-12)18-8-11(15)6-13(17)16(22)23/h6-10H,4-5H2,1-3H3. The minimum absolute atomic E-state index is 0.0253. The van der Waals surface area contributed by atoms with Crippen molar-refractivity contribution in [2.24, 2.45) is 7.05 Å². The number of likely N-dealkylation sites (N-methyl/N-ethyl adjacent to an activating group) is 1. The van der Waals surface area contributed by atoms with E-state index in [0.29, 0.717) is 11.0 Å². The Hall–Kier alpha value is -1.99. The Morgan fingerprint density at radius 2 is 2.04 bits per heavy atom. The van der Waals surface area contributed by atoms with Gasteiger partial charge < -0.3 is 9.47 Å². The zero-order valence-electron chi connectivity index (χ0n) is 13.3. The van der Waals surface area contributed by atoms with Gasteiger partial charge in [-0.3, -0.25) is 14.5 Å². The fraction of sp³-hybridized carbons (Fsp3) is 0.312. The third-order valence-electron chi connectivity index (χ3n) is 3.71. The molecule has 3 aromatic heterocycles. The van der Waals surface area contributed by atoms with E-state index in [1.54, 1.807) is 21.6 Å². The van der Waals surface area contributed by atoms with Gasteiger partial charge in [0.1, 0.15) is 0 Å². The molecule has 0 amide bonds. The quantitative estimate of drug-likeness (QED) is 0.700. The monoisotopic (exact) mass is 375 g/mol. The van der Waals surface area contributed by atoms with E-state index in [2.05, 4.69) is 30.9 Å². The Labute approximate surface area is 142 Å². The third kappa shape index (κ3) is 3.20. The molecule has 6 nitrogen and oxygen atoms in total. The van der Waals surface area contributed by atoms with Gasteiger partial charge in [0.25, 0.3) is 5.56 Å². The third-order valence-corrected chi connectivity index (χ3v) is 4.27. The van der Waals surface area contributed by atoms with Crippen LogP contribution in [0, 0.1) is 0 Å². The molecule has 0 bridgehead atoms. The molecule has 7 heteroatoms. The average molecular weight is 376 g/mol. The van der Waals surface area contributed by atoms with Crippen molar-refractivity contribution >= 4 is 26.8 Å². The van der Waals surface area contributed by atoms with Crippen LogP contribution < -0.4 is 5.56 Å². The zero-order chi connectivity index (χ0) is 16.6. The van der Waals surface area contributed by atoms with Crippen molar-refractivity contribution in [3.05, 3.63) is 45.5 Å². The fourth-order valence-corrected chi connectivity index (χ4v) is 2.93. The molecule has 23 heavy (non-hydrogen) atoms. The highest BCUT2D eigenvalue weighted by Crippen LogP contribution is 2.22. The topological polar surface area (TPSA) is 56.0 Å². The molecular formula is C16H18BrN5O. The van der Waals surface area contributed by atoms with Crippen molar-refractivity contribution in [2.45, 2.75) is 6.54 Å². The summed E-state index contributed by atoms with van der Waals surface area (Å²) >= 11 is 3.35. The molecule has 3 heterocycles. The maximum atomic E-state index is 12.5. The molecule has 0 saturated heterocycles. The van der Waals surface area contributed by atoms with Crippen LogP contribution in [0.1, 0.15) is 0 Å². The first kappa shape index (κ1) is 15.9. The van der Waals surface area contributed by atoms with Crippen LogP contribution in [0.3, 0.4) is 0 Å². The number of hydrogen-bond donors (Lipinski definition) is 0. The summed E-state index contributed by atoms with van der Waals surface area (Å²) in [5.41, 5.74) is 2.60. The summed E-state index contributed by atoms with van der Waals surface area (Å²) in [4.78, 5) is 19.1. The first-order valence-electron chi connectivity index (χ1n) is 7.28. The lowest BCUT2D eigenvalue weighted by atomic mass is 10.2.